The van der Waals surface area contributed by atoms with E-state index in [4.69, 9.17) is 10.5 Å². The quantitative estimate of drug-likeness (QED) is 0.907. The van der Waals surface area contributed by atoms with Crippen LogP contribution in [0.1, 0.15) is 6.42 Å². The van der Waals surface area contributed by atoms with E-state index >= 15 is 0 Å². The molecule has 7 heteroatoms. The summed E-state index contributed by atoms with van der Waals surface area (Å²) < 4.78 is 32.6. The second-order valence-corrected chi connectivity index (χ2v) is 7.42. The predicted octanol–water partition coefficient (Wildman–Crippen LogP) is 1.10. The van der Waals surface area contributed by atoms with Gasteiger partial charge in [-0.25, -0.2) is 8.42 Å². The van der Waals surface area contributed by atoms with E-state index in [1.807, 2.05) is 18.2 Å². The zero-order valence-corrected chi connectivity index (χ0v) is 13.5. The molecule has 1 aliphatic heterocycles. The van der Waals surface area contributed by atoms with Crippen molar-refractivity contribution in [3.8, 4) is 0 Å². The first kappa shape index (κ1) is 15.9. The number of hydrogen-bond acceptors (Lipinski definition) is 4. The minimum atomic E-state index is -3.85. The third kappa shape index (κ3) is 2.71. The number of methoxy groups -OCH3 is 1. The highest BCUT2D eigenvalue weighted by atomic mass is 32.2. The van der Waals surface area contributed by atoms with Gasteiger partial charge < -0.3 is 10.5 Å². The topological polar surface area (TPSA) is 89.7 Å². The summed E-state index contributed by atoms with van der Waals surface area (Å²) in [5.74, 6) is -0.659. The summed E-state index contributed by atoms with van der Waals surface area (Å²) in [6.07, 6.45) is -0.0622. The van der Waals surface area contributed by atoms with Gasteiger partial charge in [0.1, 0.15) is 6.04 Å². The van der Waals surface area contributed by atoms with E-state index < -0.39 is 22.0 Å². The molecule has 2 atom stereocenters. The average Bonchev–Trinajstić information content (AvgIpc) is 3.00. The molecular weight excluding hydrogens is 316 g/mol. The summed E-state index contributed by atoms with van der Waals surface area (Å²) in [6, 6.07) is 11.4. The second kappa shape index (κ2) is 5.92. The van der Waals surface area contributed by atoms with Crippen molar-refractivity contribution in [2.75, 3.05) is 13.7 Å². The summed E-state index contributed by atoms with van der Waals surface area (Å²) in [5.41, 5.74) is 5.39. The number of primary amides is 1. The van der Waals surface area contributed by atoms with Crippen molar-refractivity contribution in [1.29, 1.82) is 0 Å². The number of rotatable bonds is 4. The molecule has 122 valence electrons. The highest BCUT2D eigenvalue weighted by Gasteiger charge is 2.43. The lowest BCUT2D eigenvalue weighted by Crippen LogP contribution is -2.43. The molecule has 23 heavy (non-hydrogen) atoms. The van der Waals surface area contributed by atoms with Gasteiger partial charge in [-0.1, -0.05) is 36.4 Å². The van der Waals surface area contributed by atoms with Crippen molar-refractivity contribution < 1.29 is 17.9 Å². The maximum atomic E-state index is 13.1. The van der Waals surface area contributed by atoms with Gasteiger partial charge in [0.05, 0.1) is 11.0 Å². The van der Waals surface area contributed by atoms with E-state index in [-0.39, 0.29) is 24.0 Å². The molecule has 6 nitrogen and oxygen atoms in total. The molecule has 0 bridgehead atoms. The number of nitrogens with two attached hydrogens (primary N) is 1. The number of benzene rings is 2. The van der Waals surface area contributed by atoms with Crippen LogP contribution in [0.4, 0.5) is 0 Å². The molecule has 0 aromatic heterocycles. The monoisotopic (exact) mass is 334 g/mol. The number of amides is 1. The van der Waals surface area contributed by atoms with E-state index in [1.54, 1.807) is 24.3 Å². The first-order valence-corrected chi connectivity index (χ1v) is 8.71. The Morgan fingerprint density at radius 2 is 1.91 bits per heavy atom. The van der Waals surface area contributed by atoms with E-state index in [1.165, 1.54) is 7.11 Å². The third-order valence-corrected chi connectivity index (χ3v) is 6.15. The highest BCUT2D eigenvalue weighted by molar-refractivity contribution is 7.89. The molecule has 2 aromatic carbocycles. The van der Waals surface area contributed by atoms with Gasteiger partial charge in [0.15, 0.2) is 0 Å². The van der Waals surface area contributed by atoms with E-state index in [9.17, 15) is 13.2 Å². The molecule has 2 N–H and O–H groups in total. The van der Waals surface area contributed by atoms with Crippen molar-refractivity contribution in [2.24, 2.45) is 5.73 Å². The minimum absolute atomic E-state index is 0.121. The molecule has 0 radical (unpaired) electrons. The molecule has 1 heterocycles. The van der Waals surface area contributed by atoms with Crippen LogP contribution in [-0.2, 0) is 19.6 Å². The first-order valence-electron chi connectivity index (χ1n) is 7.27. The second-order valence-electron chi connectivity index (χ2n) is 5.56. The minimum Gasteiger partial charge on any atom is -0.380 e. The van der Waals surface area contributed by atoms with Crippen molar-refractivity contribution in [1.82, 2.24) is 4.31 Å². The number of fused-ring (bicyclic) bond motifs is 1. The predicted molar refractivity (Wildman–Crippen MR) is 86.2 cm³/mol. The highest BCUT2D eigenvalue weighted by Crippen LogP contribution is 2.31. The molecule has 1 fully saturated rings. The van der Waals surface area contributed by atoms with Gasteiger partial charge >= 0.3 is 0 Å². The lowest BCUT2D eigenvalue weighted by Gasteiger charge is -2.22. The first-order chi connectivity index (χ1) is 10.9. The molecule has 3 rings (SSSR count). The molecule has 1 amide bonds. The van der Waals surface area contributed by atoms with Gasteiger partial charge in [0.2, 0.25) is 15.9 Å². The van der Waals surface area contributed by atoms with Gasteiger partial charge in [0.25, 0.3) is 0 Å². The fourth-order valence-electron chi connectivity index (χ4n) is 3.01. The fraction of sp³-hybridized carbons (Fsp3) is 0.312. The normalized spacial score (nSPS) is 22.5. The fourth-order valence-corrected chi connectivity index (χ4v) is 4.86. The molecule has 1 saturated heterocycles. The van der Waals surface area contributed by atoms with Crippen LogP contribution in [0.2, 0.25) is 0 Å². The van der Waals surface area contributed by atoms with Crippen molar-refractivity contribution in [2.45, 2.75) is 23.5 Å². The Morgan fingerprint density at radius 3 is 2.61 bits per heavy atom. The van der Waals surface area contributed by atoms with Gasteiger partial charge in [-0.3, -0.25) is 4.79 Å². The average molecular weight is 334 g/mol. The maximum absolute atomic E-state index is 13.1. The molecule has 2 aromatic rings. The Hall–Kier alpha value is -1.96. The van der Waals surface area contributed by atoms with E-state index in [2.05, 4.69) is 0 Å². The van der Waals surface area contributed by atoms with Crippen molar-refractivity contribution in [3.63, 3.8) is 0 Å². The number of carbonyl (C=O) groups is 1. The smallest absolute Gasteiger partial charge is 0.244 e. The summed E-state index contributed by atoms with van der Waals surface area (Å²) in [6.45, 7) is 0.121. The number of sulfonamides is 1. The van der Waals surface area contributed by atoms with E-state index in [0.29, 0.717) is 5.39 Å². The van der Waals surface area contributed by atoms with Gasteiger partial charge in [0, 0.05) is 25.5 Å². The molecule has 0 aliphatic carbocycles. The molecule has 1 aliphatic rings. The molecule has 0 saturated carbocycles. The number of ether oxygens (including phenoxy) is 1. The summed E-state index contributed by atoms with van der Waals surface area (Å²) in [4.78, 5) is 11.9. The van der Waals surface area contributed by atoms with Gasteiger partial charge in [-0.05, 0) is 11.5 Å². The largest absolute Gasteiger partial charge is 0.380 e. The zero-order valence-electron chi connectivity index (χ0n) is 12.7. The van der Waals surface area contributed by atoms with Gasteiger partial charge in [-0.2, -0.15) is 4.31 Å². The Balaban J connectivity index is 2.11. The van der Waals surface area contributed by atoms with Gasteiger partial charge in [-0.15, -0.1) is 0 Å². The SMILES string of the molecule is CO[C@H]1C[C@@H](C(N)=O)N(S(=O)(=O)c2cccc3ccccc23)C1. The number of nitrogens with zero attached hydrogens (tertiary/aromatic N) is 1. The Morgan fingerprint density at radius 1 is 1.22 bits per heavy atom. The lowest BCUT2D eigenvalue weighted by molar-refractivity contribution is -0.121. The van der Waals surface area contributed by atoms with Crippen LogP contribution < -0.4 is 5.73 Å². The number of carbonyl (C=O) groups excluding carboxylic acids is 1. The molecule has 0 spiro atoms. The van der Waals surface area contributed by atoms with Crippen molar-refractivity contribution in [3.05, 3.63) is 42.5 Å². The lowest BCUT2D eigenvalue weighted by atomic mass is 10.1. The maximum Gasteiger partial charge on any atom is 0.244 e. The van der Waals surface area contributed by atoms with Crippen LogP contribution >= 0.6 is 0 Å². The molecular formula is C16H18N2O4S. The third-order valence-electron chi connectivity index (χ3n) is 4.22. The summed E-state index contributed by atoms with van der Waals surface area (Å²) in [5, 5.41) is 1.45. The van der Waals surface area contributed by atoms with Crippen LogP contribution in [0.15, 0.2) is 47.4 Å². The van der Waals surface area contributed by atoms with Crippen LogP contribution in [0, 0.1) is 0 Å². The van der Waals surface area contributed by atoms with Crippen LogP contribution in [0.5, 0.6) is 0 Å². The van der Waals surface area contributed by atoms with Crippen LogP contribution in [0.25, 0.3) is 10.8 Å². The standard InChI is InChI=1S/C16H18N2O4S/c1-22-12-9-14(16(17)19)18(10-12)23(20,21)15-8-4-6-11-5-2-3-7-13(11)15/h2-8,12,14H,9-10H2,1H3,(H2,17,19)/t12-,14-/m0/s1. The Labute approximate surface area is 134 Å². The summed E-state index contributed by atoms with van der Waals surface area (Å²) in [7, 11) is -2.35. The zero-order chi connectivity index (χ0) is 16.6. The molecule has 0 unspecified atom stereocenters. The van der Waals surface area contributed by atoms with E-state index in [0.717, 1.165) is 9.69 Å². The van der Waals surface area contributed by atoms with Crippen LogP contribution in [0.3, 0.4) is 0 Å². The van der Waals surface area contributed by atoms with Crippen molar-refractivity contribution >= 4 is 26.7 Å². The Kier molecular flexibility index (Phi) is 4.09. The Bertz CT molecular complexity index is 845. The number of hydrogen-bond donors (Lipinski definition) is 1. The summed E-state index contributed by atoms with van der Waals surface area (Å²) >= 11 is 0. The van der Waals surface area contributed by atoms with Crippen LogP contribution in [-0.4, -0.2) is 44.4 Å².